The van der Waals surface area contributed by atoms with Gasteiger partial charge in [0.25, 0.3) is 0 Å². The maximum Gasteiger partial charge on any atom is 0.0471 e. The first-order valence-corrected chi connectivity index (χ1v) is 6.88. The SMILES string of the molecule is Nc1ccc(N)c(-c2ccc3c(c2)[nH]c2ccccc23)c1. The van der Waals surface area contributed by atoms with Crippen LogP contribution >= 0.6 is 0 Å². The number of fused-ring (bicyclic) bond motifs is 3. The molecule has 0 aliphatic heterocycles. The number of hydrogen-bond acceptors (Lipinski definition) is 2. The molecule has 3 nitrogen and oxygen atoms in total. The summed E-state index contributed by atoms with van der Waals surface area (Å²) in [5, 5.41) is 2.46. The van der Waals surface area contributed by atoms with E-state index in [1.807, 2.05) is 24.3 Å². The lowest BCUT2D eigenvalue weighted by Crippen LogP contribution is -1.92. The molecule has 0 fully saturated rings. The van der Waals surface area contributed by atoms with Crippen molar-refractivity contribution in [3.05, 3.63) is 60.7 Å². The Bertz CT molecular complexity index is 967. The van der Waals surface area contributed by atoms with Gasteiger partial charge in [-0.1, -0.05) is 30.3 Å². The standard InChI is InChI=1S/C18H15N3/c19-12-6-8-16(20)15(10-12)11-5-7-14-13-3-1-2-4-17(13)21-18(14)9-11/h1-10,21H,19-20H2. The Morgan fingerprint density at radius 2 is 1.52 bits per heavy atom. The third-order valence-corrected chi connectivity index (χ3v) is 3.89. The second-order valence-corrected chi connectivity index (χ2v) is 5.28. The molecule has 1 aromatic heterocycles. The number of nitrogens with two attached hydrogens (primary N) is 2. The van der Waals surface area contributed by atoms with Crippen LogP contribution in [0.1, 0.15) is 0 Å². The van der Waals surface area contributed by atoms with Gasteiger partial charge in [-0.25, -0.2) is 0 Å². The fourth-order valence-corrected chi connectivity index (χ4v) is 2.85. The van der Waals surface area contributed by atoms with E-state index in [-0.39, 0.29) is 0 Å². The Hall–Kier alpha value is -2.94. The van der Waals surface area contributed by atoms with Crippen molar-refractivity contribution < 1.29 is 0 Å². The van der Waals surface area contributed by atoms with E-state index in [0.717, 1.165) is 33.5 Å². The molecular formula is C18H15N3. The maximum atomic E-state index is 6.07. The Kier molecular flexibility index (Phi) is 2.42. The molecule has 5 N–H and O–H groups in total. The lowest BCUT2D eigenvalue weighted by atomic mass is 10.0. The maximum absolute atomic E-state index is 6.07. The first-order chi connectivity index (χ1) is 10.2. The minimum absolute atomic E-state index is 0.718. The summed E-state index contributed by atoms with van der Waals surface area (Å²) in [6.45, 7) is 0. The molecule has 21 heavy (non-hydrogen) atoms. The third-order valence-electron chi connectivity index (χ3n) is 3.89. The van der Waals surface area contributed by atoms with Crippen molar-refractivity contribution in [2.75, 3.05) is 11.5 Å². The van der Waals surface area contributed by atoms with Crippen LogP contribution in [0.25, 0.3) is 32.9 Å². The smallest absolute Gasteiger partial charge is 0.0471 e. The number of rotatable bonds is 1. The summed E-state index contributed by atoms with van der Waals surface area (Å²) in [7, 11) is 0. The minimum Gasteiger partial charge on any atom is -0.399 e. The average molecular weight is 273 g/mol. The van der Waals surface area contributed by atoms with Gasteiger partial charge in [0.15, 0.2) is 0 Å². The van der Waals surface area contributed by atoms with E-state index in [1.54, 1.807) is 0 Å². The van der Waals surface area contributed by atoms with E-state index in [1.165, 1.54) is 10.8 Å². The zero-order valence-electron chi connectivity index (χ0n) is 11.4. The van der Waals surface area contributed by atoms with Crippen molar-refractivity contribution in [3.63, 3.8) is 0 Å². The van der Waals surface area contributed by atoms with Gasteiger partial charge in [-0.2, -0.15) is 0 Å². The highest BCUT2D eigenvalue weighted by atomic mass is 14.7. The fraction of sp³-hybridized carbons (Fsp3) is 0. The zero-order valence-corrected chi connectivity index (χ0v) is 11.4. The Labute approximate surface area is 122 Å². The van der Waals surface area contributed by atoms with Crippen LogP contribution in [0.2, 0.25) is 0 Å². The number of nitrogen functional groups attached to an aromatic ring is 2. The summed E-state index contributed by atoms with van der Waals surface area (Å²) in [4.78, 5) is 3.45. The van der Waals surface area contributed by atoms with Gasteiger partial charge in [-0.05, 0) is 35.9 Å². The monoisotopic (exact) mass is 273 g/mol. The second kappa shape index (κ2) is 4.28. The molecule has 0 aliphatic rings. The highest BCUT2D eigenvalue weighted by Gasteiger charge is 2.07. The quantitative estimate of drug-likeness (QED) is 0.456. The molecule has 0 radical (unpaired) electrons. The Balaban J connectivity index is 1.98. The molecule has 0 spiro atoms. The Morgan fingerprint density at radius 3 is 2.43 bits per heavy atom. The molecule has 0 aliphatic carbocycles. The number of nitrogens with one attached hydrogen (secondary N) is 1. The topological polar surface area (TPSA) is 67.8 Å². The van der Waals surface area contributed by atoms with Gasteiger partial charge >= 0.3 is 0 Å². The summed E-state index contributed by atoms with van der Waals surface area (Å²) in [5.41, 5.74) is 17.7. The van der Waals surface area contributed by atoms with Gasteiger partial charge in [-0.3, -0.25) is 0 Å². The van der Waals surface area contributed by atoms with Gasteiger partial charge in [0.05, 0.1) is 0 Å². The van der Waals surface area contributed by atoms with Crippen LogP contribution in [0.3, 0.4) is 0 Å². The molecule has 0 unspecified atom stereocenters. The van der Waals surface area contributed by atoms with E-state index >= 15 is 0 Å². The predicted octanol–water partition coefficient (Wildman–Crippen LogP) is 4.15. The largest absolute Gasteiger partial charge is 0.399 e. The zero-order chi connectivity index (χ0) is 14.4. The van der Waals surface area contributed by atoms with Crippen LogP contribution in [-0.2, 0) is 0 Å². The van der Waals surface area contributed by atoms with Crippen LogP contribution in [0.4, 0.5) is 11.4 Å². The highest BCUT2D eigenvalue weighted by Crippen LogP contribution is 2.32. The van der Waals surface area contributed by atoms with Crippen molar-refractivity contribution in [3.8, 4) is 11.1 Å². The molecule has 0 saturated heterocycles. The van der Waals surface area contributed by atoms with Crippen molar-refractivity contribution in [2.24, 2.45) is 0 Å². The van der Waals surface area contributed by atoms with E-state index in [2.05, 4.69) is 41.4 Å². The first-order valence-electron chi connectivity index (χ1n) is 6.88. The Morgan fingerprint density at radius 1 is 0.714 bits per heavy atom. The third kappa shape index (κ3) is 1.82. The summed E-state index contributed by atoms with van der Waals surface area (Å²) < 4.78 is 0. The molecule has 4 aromatic rings. The van der Waals surface area contributed by atoms with Gasteiger partial charge in [-0.15, -0.1) is 0 Å². The number of aromatic amines is 1. The number of para-hydroxylation sites is 1. The average Bonchev–Trinajstić information content (AvgIpc) is 2.87. The summed E-state index contributed by atoms with van der Waals surface area (Å²) in [5.74, 6) is 0. The molecule has 4 rings (SSSR count). The minimum atomic E-state index is 0.718. The van der Waals surface area contributed by atoms with E-state index in [9.17, 15) is 0 Å². The van der Waals surface area contributed by atoms with Crippen molar-refractivity contribution in [1.29, 1.82) is 0 Å². The van der Waals surface area contributed by atoms with E-state index in [4.69, 9.17) is 11.5 Å². The lowest BCUT2D eigenvalue weighted by molar-refractivity contribution is 1.54. The number of aromatic nitrogens is 1. The van der Waals surface area contributed by atoms with Crippen molar-refractivity contribution in [1.82, 2.24) is 4.98 Å². The molecular weight excluding hydrogens is 258 g/mol. The van der Waals surface area contributed by atoms with E-state index < -0.39 is 0 Å². The fourth-order valence-electron chi connectivity index (χ4n) is 2.85. The molecule has 0 bridgehead atoms. The van der Waals surface area contributed by atoms with Gasteiger partial charge in [0.1, 0.15) is 0 Å². The molecule has 3 aromatic carbocycles. The molecule has 102 valence electrons. The number of H-pyrrole nitrogens is 1. The number of hydrogen-bond donors (Lipinski definition) is 3. The normalized spacial score (nSPS) is 11.2. The van der Waals surface area contributed by atoms with Crippen LogP contribution in [-0.4, -0.2) is 4.98 Å². The molecule has 1 heterocycles. The predicted molar refractivity (Wildman–Crippen MR) is 90.1 cm³/mol. The molecule has 3 heteroatoms. The van der Waals surface area contributed by atoms with Crippen LogP contribution in [0.15, 0.2) is 60.7 Å². The number of benzene rings is 3. The second-order valence-electron chi connectivity index (χ2n) is 5.28. The number of anilines is 2. The summed E-state index contributed by atoms with van der Waals surface area (Å²) >= 11 is 0. The summed E-state index contributed by atoms with van der Waals surface area (Å²) in [6.07, 6.45) is 0. The molecule has 0 atom stereocenters. The van der Waals surface area contributed by atoms with Gasteiger partial charge in [0.2, 0.25) is 0 Å². The summed E-state index contributed by atoms with van der Waals surface area (Å²) in [6, 6.07) is 20.2. The van der Waals surface area contributed by atoms with Crippen LogP contribution < -0.4 is 11.5 Å². The molecule has 0 saturated carbocycles. The lowest BCUT2D eigenvalue weighted by Gasteiger charge is -2.07. The molecule has 0 amide bonds. The van der Waals surface area contributed by atoms with Gasteiger partial charge in [0, 0.05) is 38.7 Å². The first kappa shape index (κ1) is 11.9. The van der Waals surface area contributed by atoms with Gasteiger partial charge < -0.3 is 16.5 Å². The van der Waals surface area contributed by atoms with Crippen LogP contribution in [0, 0.1) is 0 Å². The highest BCUT2D eigenvalue weighted by molar-refractivity contribution is 6.08. The van der Waals surface area contributed by atoms with Crippen molar-refractivity contribution >= 4 is 33.2 Å². The van der Waals surface area contributed by atoms with Crippen molar-refractivity contribution in [2.45, 2.75) is 0 Å². The van der Waals surface area contributed by atoms with Crippen LogP contribution in [0.5, 0.6) is 0 Å². The van der Waals surface area contributed by atoms with E-state index in [0.29, 0.717) is 0 Å².